The number of amides is 2. The smallest absolute Gasteiger partial charge is 0.292 e. The molecule has 122 valence electrons. The minimum absolute atomic E-state index is 0.00110. The molecule has 6 heteroatoms. The van der Waals surface area contributed by atoms with Crippen molar-refractivity contribution in [1.82, 2.24) is 14.8 Å². The lowest BCUT2D eigenvalue weighted by Crippen LogP contribution is -2.58. The highest BCUT2D eigenvalue weighted by atomic mass is 16.4. The molecule has 2 heterocycles. The molecule has 1 aliphatic rings. The van der Waals surface area contributed by atoms with Crippen LogP contribution in [0.15, 0.2) is 4.42 Å². The maximum Gasteiger partial charge on any atom is 0.292 e. The van der Waals surface area contributed by atoms with Crippen LogP contribution in [0.1, 0.15) is 49.8 Å². The molecule has 0 radical (unpaired) electrons. The second-order valence-corrected chi connectivity index (χ2v) is 6.23. The fourth-order valence-corrected chi connectivity index (χ4v) is 2.76. The Labute approximate surface area is 131 Å². The number of rotatable bonds is 4. The van der Waals surface area contributed by atoms with Gasteiger partial charge in [-0.2, -0.15) is 0 Å². The van der Waals surface area contributed by atoms with Crippen LogP contribution < -0.4 is 0 Å². The summed E-state index contributed by atoms with van der Waals surface area (Å²) in [4.78, 5) is 32.8. The molecule has 1 atom stereocenters. The van der Waals surface area contributed by atoms with Gasteiger partial charge in [0, 0.05) is 26.1 Å². The Morgan fingerprint density at radius 2 is 2.09 bits per heavy atom. The maximum atomic E-state index is 12.7. The van der Waals surface area contributed by atoms with E-state index < -0.39 is 6.04 Å². The SMILES string of the molecule is CCc1nc(C)c(C(=O)N2CCN(CC(C)C)C(=O)[C@@H]2C)o1. The molecule has 2 amide bonds. The van der Waals surface area contributed by atoms with Crippen molar-refractivity contribution in [3.8, 4) is 0 Å². The third kappa shape index (κ3) is 3.15. The summed E-state index contributed by atoms with van der Waals surface area (Å²) >= 11 is 0. The largest absolute Gasteiger partial charge is 0.435 e. The topological polar surface area (TPSA) is 66.7 Å². The summed E-state index contributed by atoms with van der Waals surface area (Å²) in [6, 6.07) is -0.463. The van der Waals surface area contributed by atoms with Crippen LogP contribution in [0, 0.1) is 12.8 Å². The molecule has 1 saturated heterocycles. The van der Waals surface area contributed by atoms with Crippen LogP contribution in [0.5, 0.6) is 0 Å². The lowest BCUT2D eigenvalue weighted by atomic mass is 10.1. The number of oxazole rings is 1. The number of carbonyl (C=O) groups excluding carboxylic acids is 2. The quantitative estimate of drug-likeness (QED) is 0.852. The van der Waals surface area contributed by atoms with Crippen molar-refractivity contribution in [2.24, 2.45) is 5.92 Å². The molecule has 0 aliphatic carbocycles. The first-order valence-electron chi connectivity index (χ1n) is 7.91. The third-order valence-corrected chi connectivity index (χ3v) is 3.93. The molecule has 1 aromatic rings. The first-order valence-corrected chi connectivity index (χ1v) is 7.91. The van der Waals surface area contributed by atoms with Crippen LogP contribution in [-0.4, -0.2) is 52.3 Å². The van der Waals surface area contributed by atoms with Crippen LogP contribution in [0.4, 0.5) is 0 Å². The third-order valence-electron chi connectivity index (χ3n) is 3.93. The van der Waals surface area contributed by atoms with Gasteiger partial charge in [-0.05, 0) is 19.8 Å². The van der Waals surface area contributed by atoms with Crippen molar-refractivity contribution in [2.75, 3.05) is 19.6 Å². The summed E-state index contributed by atoms with van der Waals surface area (Å²) in [6.45, 7) is 11.5. The zero-order valence-corrected chi connectivity index (χ0v) is 14.0. The van der Waals surface area contributed by atoms with Gasteiger partial charge in [-0.1, -0.05) is 20.8 Å². The van der Waals surface area contributed by atoms with E-state index in [0.29, 0.717) is 37.0 Å². The van der Waals surface area contributed by atoms with Gasteiger partial charge >= 0.3 is 0 Å². The highest BCUT2D eigenvalue weighted by molar-refractivity contribution is 5.96. The van der Waals surface area contributed by atoms with Crippen LogP contribution in [0.25, 0.3) is 0 Å². The van der Waals surface area contributed by atoms with Gasteiger partial charge < -0.3 is 14.2 Å². The van der Waals surface area contributed by atoms with Gasteiger partial charge in [0.2, 0.25) is 11.7 Å². The van der Waals surface area contributed by atoms with Gasteiger partial charge in [-0.3, -0.25) is 9.59 Å². The molecule has 1 fully saturated rings. The second-order valence-electron chi connectivity index (χ2n) is 6.23. The molecule has 2 rings (SSSR count). The zero-order chi connectivity index (χ0) is 16.4. The first kappa shape index (κ1) is 16.5. The lowest BCUT2D eigenvalue weighted by Gasteiger charge is -2.39. The second kappa shape index (κ2) is 6.50. The molecule has 0 spiro atoms. The van der Waals surface area contributed by atoms with Crippen LogP contribution >= 0.6 is 0 Å². The van der Waals surface area contributed by atoms with E-state index in [0.717, 1.165) is 6.54 Å². The normalized spacial score (nSPS) is 19.2. The number of hydrogen-bond acceptors (Lipinski definition) is 4. The molecule has 0 aromatic carbocycles. The van der Waals surface area contributed by atoms with E-state index in [2.05, 4.69) is 18.8 Å². The van der Waals surface area contributed by atoms with Gasteiger partial charge in [0.05, 0.1) is 5.69 Å². The Kier molecular flexibility index (Phi) is 4.88. The van der Waals surface area contributed by atoms with E-state index in [1.165, 1.54) is 0 Å². The van der Waals surface area contributed by atoms with Gasteiger partial charge in [0.1, 0.15) is 6.04 Å². The van der Waals surface area contributed by atoms with Crippen molar-refractivity contribution in [3.05, 3.63) is 17.3 Å². The highest BCUT2D eigenvalue weighted by Gasteiger charge is 2.36. The molecular formula is C16H25N3O3. The highest BCUT2D eigenvalue weighted by Crippen LogP contribution is 2.19. The van der Waals surface area contributed by atoms with E-state index in [1.807, 2.05) is 11.8 Å². The van der Waals surface area contributed by atoms with Gasteiger partial charge in [0.25, 0.3) is 5.91 Å². The number of piperazine rings is 1. The summed E-state index contributed by atoms with van der Waals surface area (Å²) in [6.07, 6.45) is 0.644. The lowest BCUT2D eigenvalue weighted by molar-refractivity contribution is -0.140. The van der Waals surface area contributed by atoms with Gasteiger partial charge in [0.15, 0.2) is 5.89 Å². The van der Waals surface area contributed by atoms with E-state index in [-0.39, 0.29) is 17.6 Å². The van der Waals surface area contributed by atoms with E-state index >= 15 is 0 Å². The Morgan fingerprint density at radius 3 is 2.64 bits per heavy atom. The number of aromatic nitrogens is 1. The average molecular weight is 307 g/mol. The summed E-state index contributed by atoms with van der Waals surface area (Å²) in [7, 11) is 0. The maximum absolute atomic E-state index is 12.7. The number of carbonyl (C=O) groups is 2. The first-order chi connectivity index (χ1) is 10.3. The standard InChI is InChI=1S/C16H25N3O3/c1-6-13-17-11(4)14(22-13)16(21)19-8-7-18(9-10(2)3)15(20)12(19)5/h10,12H,6-9H2,1-5H3/t12-/m0/s1. The van der Waals surface area contributed by atoms with Crippen molar-refractivity contribution < 1.29 is 14.0 Å². The van der Waals surface area contributed by atoms with Gasteiger partial charge in [-0.15, -0.1) is 0 Å². The van der Waals surface area contributed by atoms with E-state index in [4.69, 9.17) is 4.42 Å². The predicted molar refractivity (Wildman–Crippen MR) is 82.5 cm³/mol. The number of nitrogens with zero attached hydrogens (tertiary/aromatic N) is 3. The predicted octanol–water partition coefficient (Wildman–Crippen LogP) is 1.87. The molecule has 1 aromatic heterocycles. The molecule has 0 unspecified atom stereocenters. The van der Waals surface area contributed by atoms with Gasteiger partial charge in [-0.25, -0.2) is 4.98 Å². The zero-order valence-electron chi connectivity index (χ0n) is 14.0. The van der Waals surface area contributed by atoms with Crippen LogP contribution in [-0.2, 0) is 11.2 Å². The Balaban J connectivity index is 2.14. The molecular weight excluding hydrogens is 282 g/mol. The fourth-order valence-electron chi connectivity index (χ4n) is 2.76. The van der Waals surface area contributed by atoms with Crippen molar-refractivity contribution >= 4 is 11.8 Å². The summed E-state index contributed by atoms with van der Waals surface area (Å²) in [5.74, 6) is 0.991. The number of hydrogen-bond donors (Lipinski definition) is 0. The summed E-state index contributed by atoms with van der Waals surface area (Å²) in [5, 5.41) is 0. The van der Waals surface area contributed by atoms with Crippen LogP contribution in [0.3, 0.4) is 0 Å². The van der Waals surface area contributed by atoms with E-state index in [9.17, 15) is 9.59 Å². The minimum atomic E-state index is -0.463. The monoisotopic (exact) mass is 307 g/mol. The Bertz CT molecular complexity index is 565. The van der Waals surface area contributed by atoms with E-state index in [1.54, 1.807) is 18.7 Å². The summed E-state index contributed by atoms with van der Waals surface area (Å²) < 4.78 is 5.53. The molecule has 6 nitrogen and oxygen atoms in total. The van der Waals surface area contributed by atoms with Crippen molar-refractivity contribution in [3.63, 3.8) is 0 Å². The van der Waals surface area contributed by atoms with Crippen molar-refractivity contribution in [1.29, 1.82) is 0 Å². The molecule has 22 heavy (non-hydrogen) atoms. The Morgan fingerprint density at radius 1 is 1.41 bits per heavy atom. The van der Waals surface area contributed by atoms with Crippen molar-refractivity contribution in [2.45, 2.75) is 47.1 Å². The number of aryl methyl sites for hydroxylation is 2. The van der Waals surface area contributed by atoms with Crippen LogP contribution in [0.2, 0.25) is 0 Å². The molecule has 0 bridgehead atoms. The Hall–Kier alpha value is -1.85. The fraction of sp³-hybridized carbons (Fsp3) is 0.688. The molecule has 0 N–H and O–H groups in total. The average Bonchev–Trinajstić information content (AvgIpc) is 2.84. The minimum Gasteiger partial charge on any atom is -0.435 e. The molecule has 1 aliphatic heterocycles. The summed E-state index contributed by atoms with van der Waals surface area (Å²) in [5.41, 5.74) is 0.589. The molecule has 0 saturated carbocycles.